The van der Waals surface area contributed by atoms with Gasteiger partial charge in [0.15, 0.2) is 0 Å². The van der Waals surface area contributed by atoms with Crippen molar-refractivity contribution in [2.24, 2.45) is 0 Å². The van der Waals surface area contributed by atoms with Crippen LogP contribution < -0.4 is 0 Å². The molecule has 0 fully saturated rings. The van der Waals surface area contributed by atoms with Crippen molar-refractivity contribution in [3.63, 3.8) is 0 Å². The number of halogens is 2. The highest BCUT2D eigenvalue weighted by molar-refractivity contribution is 14.1. The first-order chi connectivity index (χ1) is 6.72. The number of pyridine rings is 1. The maximum absolute atomic E-state index is 6.91. The molecule has 1 aromatic heterocycles. The summed E-state index contributed by atoms with van der Waals surface area (Å²) >= 11 is 8.26. The molecule has 1 aromatic carbocycles. The van der Waals surface area contributed by atoms with Crippen molar-refractivity contribution >= 4 is 50.8 Å². The third kappa shape index (κ3) is 1.56. The third-order valence-corrected chi connectivity index (χ3v) is 2.93. The summed E-state index contributed by atoms with van der Waals surface area (Å²) in [6.45, 7) is 6.91. The van der Waals surface area contributed by atoms with Crippen molar-refractivity contribution < 1.29 is 0 Å². The average molecular weight is 315 g/mol. The molecular weight excluding hydrogens is 310 g/mol. The van der Waals surface area contributed by atoms with Crippen LogP contribution >= 0.6 is 34.2 Å². The molecule has 0 amide bonds. The summed E-state index contributed by atoms with van der Waals surface area (Å²) in [5, 5.41) is 1.33. The van der Waals surface area contributed by atoms with Crippen molar-refractivity contribution in [2.45, 2.75) is 0 Å². The molecular formula is C10H4ClIN2. The Labute approximate surface area is 99.9 Å². The first-order valence-electron chi connectivity index (χ1n) is 3.83. The van der Waals surface area contributed by atoms with Gasteiger partial charge in [0.05, 0.1) is 17.1 Å². The van der Waals surface area contributed by atoms with Crippen molar-refractivity contribution in [1.82, 2.24) is 4.98 Å². The SMILES string of the molecule is [C-]#[N+]c1cnc2ccc(I)cc2c1Cl. The smallest absolute Gasteiger partial charge is 0.223 e. The fourth-order valence-corrected chi connectivity index (χ4v) is 1.93. The molecule has 14 heavy (non-hydrogen) atoms. The van der Waals surface area contributed by atoms with Crippen LogP contribution in [0.25, 0.3) is 15.7 Å². The Kier molecular flexibility index (Phi) is 2.57. The highest BCUT2D eigenvalue weighted by Crippen LogP contribution is 2.31. The fourth-order valence-electron chi connectivity index (χ4n) is 1.20. The Morgan fingerprint density at radius 3 is 2.93 bits per heavy atom. The van der Waals surface area contributed by atoms with Gasteiger partial charge in [0.1, 0.15) is 0 Å². The Balaban J connectivity index is 2.88. The van der Waals surface area contributed by atoms with Crippen LogP contribution in [0.1, 0.15) is 0 Å². The van der Waals surface area contributed by atoms with Crippen molar-refractivity contribution in [3.8, 4) is 0 Å². The van der Waals surface area contributed by atoms with E-state index >= 15 is 0 Å². The van der Waals surface area contributed by atoms with Gasteiger partial charge in [-0.2, -0.15) is 0 Å². The van der Waals surface area contributed by atoms with E-state index in [1.165, 1.54) is 6.20 Å². The molecule has 0 aliphatic rings. The number of rotatable bonds is 0. The fraction of sp³-hybridized carbons (Fsp3) is 0. The topological polar surface area (TPSA) is 17.2 Å². The molecule has 0 radical (unpaired) electrons. The van der Waals surface area contributed by atoms with Gasteiger partial charge < -0.3 is 0 Å². The molecule has 0 bridgehead atoms. The summed E-state index contributed by atoms with van der Waals surface area (Å²) in [5.74, 6) is 0. The lowest BCUT2D eigenvalue weighted by atomic mass is 10.2. The Morgan fingerprint density at radius 1 is 1.43 bits per heavy atom. The zero-order valence-electron chi connectivity index (χ0n) is 6.96. The van der Waals surface area contributed by atoms with Crippen molar-refractivity contribution in [1.29, 1.82) is 0 Å². The van der Waals surface area contributed by atoms with Gasteiger partial charge in [-0.3, -0.25) is 4.98 Å². The molecule has 0 aliphatic carbocycles. The summed E-state index contributed by atoms with van der Waals surface area (Å²) in [4.78, 5) is 7.46. The number of hydrogen-bond donors (Lipinski definition) is 0. The van der Waals surface area contributed by atoms with Gasteiger partial charge in [0.25, 0.3) is 0 Å². The lowest BCUT2D eigenvalue weighted by Gasteiger charge is -2.01. The maximum Gasteiger partial charge on any atom is 0.223 e. The lowest BCUT2D eigenvalue weighted by Crippen LogP contribution is -1.81. The van der Waals surface area contributed by atoms with Crippen molar-refractivity contribution in [2.75, 3.05) is 0 Å². The average Bonchev–Trinajstić information content (AvgIpc) is 2.20. The molecule has 68 valence electrons. The van der Waals surface area contributed by atoms with Gasteiger partial charge >= 0.3 is 0 Å². The van der Waals surface area contributed by atoms with Crippen LogP contribution in [0.15, 0.2) is 24.4 Å². The third-order valence-electron chi connectivity index (χ3n) is 1.87. The molecule has 2 aromatic rings. The van der Waals surface area contributed by atoms with Gasteiger partial charge in [-0.05, 0) is 40.8 Å². The highest BCUT2D eigenvalue weighted by Gasteiger charge is 2.06. The lowest BCUT2D eigenvalue weighted by molar-refractivity contribution is 1.42. The zero-order chi connectivity index (χ0) is 10.1. The van der Waals surface area contributed by atoms with Crippen LogP contribution in [0, 0.1) is 10.1 Å². The summed E-state index contributed by atoms with van der Waals surface area (Å²) in [7, 11) is 0. The number of fused-ring (bicyclic) bond motifs is 1. The molecule has 0 unspecified atom stereocenters. The van der Waals surface area contributed by atoms with E-state index in [2.05, 4.69) is 32.4 Å². The molecule has 4 heteroatoms. The Morgan fingerprint density at radius 2 is 2.21 bits per heavy atom. The first kappa shape index (κ1) is 9.69. The van der Waals surface area contributed by atoms with E-state index < -0.39 is 0 Å². The van der Waals surface area contributed by atoms with Crippen LogP contribution in [0.5, 0.6) is 0 Å². The molecule has 0 N–H and O–H groups in total. The van der Waals surface area contributed by atoms with Crippen molar-refractivity contribution in [3.05, 3.63) is 44.4 Å². The normalized spacial score (nSPS) is 10.1. The highest BCUT2D eigenvalue weighted by atomic mass is 127. The van der Waals surface area contributed by atoms with Crippen LogP contribution in [0.4, 0.5) is 5.69 Å². The number of aromatic nitrogens is 1. The second-order valence-corrected chi connectivity index (χ2v) is 4.35. The van der Waals surface area contributed by atoms with E-state index in [4.69, 9.17) is 18.2 Å². The number of hydrogen-bond acceptors (Lipinski definition) is 1. The van der Waals surface area contributed by atoms with E-state index in [0.717, 1.165) is 14.5 Å². The van der Waals surface area contributed by atoms with E-state index in [9.17, 15) is 0 Å². The van der Waals surface area contributed by atoms with E-state index in [1.54, 1.807) is 0 Å². The Bertz CT molecular complexity index is 546. The summed E-state index contributed by atoms with van der Waals surface area (Å²) in [5.41, 5.74) is 1.23. The summed E-state index contributed by atoms with van der Waals surface area (Å²) < 4.78 is 1.08. The largest absolute Gasteiger partial charge is 0.268 e. The van der Waals surface area contributed by atoms with Gasteiger partial charge in [-0.15, -0.1) is 0 Å². The van der Waals surface area contributed by atoms with E-state index in [-0.39, 0.29) is 0 Å². The molecule has 0 atom stereocenters. The van der Waals surface area contributed by atoms with Gasteiger partial charge in [0.2, 0.25) is 5.69 Å². The summed E-state index contributed by atoms with van der Waals surface area (Å²) in [6, 6.07) is 5.79. The quantitative estimate of drug-likeness (QED) is 0.530. The van der Waals surface area contributed by atoms with Crippen LogP contribution in [-0.4, -0.2) is 4.98 Å². The minimum Gasteiger partial charge on any atom is -0.268 e. The number of benzene rings is 1. The monoisotopic (exact) mass is 314 g/mol. The van der Waals surface area contributed by atoms with E-state index in [1.807, 2.05) is 18.2 Å². The summed E-state index contributed by atoms with van der Waals surface area (Å²) in [6.07, 6.45) is 1.50. The molecule has 1 heterocycles. The Hall–Kier alpha value is -0.860. The minimum atomic E-state index is 0.404. The molecule has 0 spiro atoms. The van der Waals surface area contributed by atoms with Crippen LogP contribution in [0.3, 0.4) is 0 Å². The van der Waals surface area contributed by atoms with Gasteiger partial charge in [0, 0.05) is 15.2 Å². The predicted molar refractivity (Wildman–Crippen MR) is 65.7 cm³/mol. The molecule has 0 aliphatic heterocycles. The molecule has 0 saturated heterocycles. The predicted octanol–water partition coefficient (Wildman–Crippen LogP) is 4.04. The van der Waals surface area contributed by atoms with Gasteiger partial charge in [-0.1, -0.05) is 11.6 Å². The van der Waals surface area contributed by atoms with E-state index in [0.29, 0.717) is 10.7 Å². The van der Waals surface area contributed by atoms with Crippen LogP contribution in [0.2, 0.25) is 5.02 Å². The van der Waals surface area contributed by atoms with Gasteiger partial charge in [-0.25, -0.2) is 4.85 Å². The van der Waals surface area contributed by atoms with Crippen LogP contribution in [-0.2, 0) is 0 Å². The zero-order valence-corrected chi connectivity index (χ0v) is 9.87. The molecule has 2 rings (SSSR count). The molecule has 0 saturated carbocycles. The standard InChI is InChI=1S/C10H4ClIN2/c1-13-9-5-14-8-3-2-6(12)4-7(8)10(9)11/h2-5H. The first-order valence-corrected chi connectivity index (χ1v) is 5.29. The number of nitrogens with zero attached hydrogens (tertiary/aromatic N) is 2. The second kappa shape index (κ2) is 3.71. The minimum absolute atomic E-state index is 0.404. The molecule has 2 nitrogen and oxygen atoms in total. The maximum atomic E-state index is 6.91. The second-order valence-electron chi connectivity index (χ2n) is 2.73.